The van der Waals surface area contributed by atoms with Gasteiger partial charge in [0.05, 0.1) is 5.52 Å². The molecule has 0 amide bonds. The van der Waals surface area contributed by atoms with Crippen LogP contribution in [-0.2, 0) is 20.2 Å². The van der Waals surface area contributed by atoms with Gasteiger partial charge in [-0.2, -0.15) is 0 Å². The van der Waals surface area contributed by atoms with Gasteiger partial charge in [-0.1, -0.05) is 30.3 Å². The van der Waals surface area contributed by atoms with Crippen molar-refractivity contribution in [3.05, 3.63) is 65.4 Å². The van der Waals surface area contributed by atoms with E-state index in [1.54, 1.807) is 0 Å². The number of nitrogens with two attached hydrogens (primary N) is 1. The van der Waals surface area contributed by atoms with Crippen molar-refractivity contribution in [1.29, 1.82) is 0 Å². The minimum atomic E-state index is 0.549. The van der Waals surface area contributed by atoms with Gasteiger partial charge in [0.25, 0.3) is 0 Å². The van der Waals surface area contributed by atoms with Gasteiger partial charge < -0.3 is 15.0 Å². The van der Waals surface area contributed by atoms with Crippen LogP contribution in [0, 0.1) is 6.92 Å². The molecule has 3 heteroatoms. The summed E-state index contributed by atoms with van der Waals surface area (Å²) in [6.45, 7) is 3.18. The van der Waals surface area contributed by atoms with E-state index in [0.29, 0.717) is 13.2 Å². The Morgan fingerprint density at radius 2 is 1.90 bits per heavy atom. The summed E-state index contributed by atoms with van der Waals surface area (Å²) in [4.78, 5) is 0. The van der Waals surface area contributed by atoms with E-state index in [1.807, 2.05) is 12.1 Å². The van der Waals surface area contributed by atoms with E-state index in [2.05, 4.69) is 55.1 Å². The Balaban J connectivity index is 1.91. The zero-order chi connectivity index (χ0) is 14.8. The van der Waals surface area contributed by atoms with Gasteiger partial charge in [-0.05, 0) is 30.2 Å². The number of hydrogen-bond acceptors (Lipinski definition) is 2. The zero-order valence-corrected chi connectivity index (χ0v) is 12.5. The molecule has 0 aliphatic heterocycles. The summed E-state index contributed by atoms with van der Waals surface area (Å²) in [5.74, 6) is 0.905. The van der Waals surface area contributed by atoms with Crippen molar-refractivity contribution in [1.82, 2.24) is 4.57 Å². The Bertz CT molecular complexity index is 774. The summed E-state index contributed by atoms with van der Waals surface area (Å²) in [7, 11) is 2.05. The molecule has 1 aromatic heterocycles. The lowest BCUT2D eigenvalue weighted by atomic mass is 10.1. The number of aryl methyl sites for hydroxylation is 2. The molecule has 0 aliphatic carbocycles. The van der Waals surface area contributed by atoms with Crippen LogP contribution in [0.4, 0.5) is 0 Å². The first kappa shape index (κ1) is 13.7. The van der Waals surface area contributed by atoms with Crippen LogP contribution < -0.4 is 10.5 Å². The van der Waals surface area contributed by atoms with Gasteiger partial charge in [0.2, 0.25) is 0 Å². The summed E-state index contributed by atoms with van der Waals surface area (Å²) in [5.41, 5.74) is 10.6. The first-order valence-electron chi connectivity index (χ1n) is 7.14. The highest BCUT2D eigenvalue weighted by Gasteiger charge is 2.10. The van der Waals surface area contributed by atoms with E-state index in [9.17, 15) is 0 Å². The predicted molar refractivity (Wildman–Crippen MR) is 86.3 cm³/mol. The lowest BCUT2D eigenvalue weighted by Crippen LogP contribution is -1.99. The predicted octanol–water partition coefficient (Wildman–Crippen LogP) is 3.52. The van der Waals surface area contributed by atoms with Crippen LogP contribution in [0.3, 0.4) is 0 Å². The molecule has 0 saturated heterocycles. The minimum Gasteiger partial charge on any atom is -0.489 e. The van der Waals surface area contributed by atoms with Crippen LogP contribution in [0.15, 0.2) is 48.7 Å². The summed E-state index contributed by atoms with van der Waals surface area (Å²) >= 11 is 0. The van der Waals surface area contributed by atoms with E-state index < -0.39 is 0 Å². The van der Waals surface area contributed by atoms with Gasteiger partial charge in [0.15, 0.2) is 0 Å². The van der Waals surface area contributed by atoms with Crippen LogP contribution in [0.5, 0.6) is 5.75 Å². The van der Waals surface area contributed by atoms with Crippen molar-refractivity contribution in [3.63, 3.8) is 0 Å². The quantitative estimate of drug-likeness (QED) is 0.794. The average molecular weight is 280 g/mol. The first-order valence-corrected chi connectivity index (χ1v) is 7.14. The number of para-hydroxylation sites is 1. The van der Waals surface area contributed by atoms with Gasteiger partial charge >= 0.3 is 0 Å². The van der Waals surface area contributed by atoms with Crippen LogP contribution in [-0.4, -0.2) is 4.57 Å². The molecule has 21 heavy (non-hydrogen) atoms. The number of benzene rings is 2. The number of hydrogen-bond donors (Lipinski definition) is 1. The molecule has 108 valence electrons. The van der Waals surface area contributed by atoms with Gasteiger partial charge in [0, 0.05) is 30.7 Å². The van der Waals surface area contributed by atoms with Gasteiger partial charge in [0.1, 0.15) is 12.4 Å². The van der Waals surface area contributed by atoms with Crippen LogP contribution in [0.1, 0.15) is 16.7 Å². The zero-order valence-electron chi connectivity index (χ0n) is 12.5. The Hall–Kier alpha value is -2.26. The SMILES string of the molecule is Cc1cccc(OCc2cn(C)c3c(CN)cccc23)c1. The molecular formula is C18H20N2O. The maximum atomic E-state index is 5.92. The highest BCUT2D eigenvalue weighted by molar-refractivity contribution is 5.86. The summed E-state index contributed by atoms with van der Waals surface area (Å²) < 4.78 is 8.05. The Morgan fingerprint density at radius 3 is 2.67 bits per heavy atom. The molecule has 0 bridgehead atoms. The third-order valence-corrected chi connectivity index (χ3v) is 3.77. The van der Waals surface area contributed by atoms with Crippen molar-refractivity contribution in [2.75, 3.05) is 0 Å². The Kier molecular flexibility index (Phi) is 3.67. The molecule has 1 heterocycles. The molecule has 3 aromatic rings. The van der Waals surface area contributed by atoms with Crippen LogP contribution >= 0.6 is 0 Å². The fourth-order valence-corrected chi connectivity index (χ4v) is 2.78. The lowest BCUT2D eigenvalue weighted by Gasteiger charge is -2.06. The maximum absolute atomic E-state index is 5.92. The number of nitrogens with zero attached hydrogens (tertiary/aromatic N) is 1. The van der Waals surface area contributed by atoms with Crippen molar-refractivity contribution in [2.24, 2.45) is 12.8 Å². The molecule has 0 spiro atoms. The molecule has 0 unspecified atom stereocenters. The summed E-state index contributed by atoms with van der Waals surface area (Å²) in [6.07, 6.45) is 2.12. The lowest BCUT2D eigenvalue weighted by molar-refractivity contribution is 0.307. The third-order valence-electron chi connectivity index (χ3n) is 3.77. The molecule has 0 aliphatic rings. The Labute approximate surface area is 125 Å². The fraction of sp³-hybridized carbons (Fsp3) is 0.222. The maximum Gasteiger partial charge on any atom is 0.120 e. The second-order valence-electron chi connectivity index (χ2n) is 5.39. The topological polar surface area (TPSA) is 40.2 Å². The Morgan fingerprint density at radius 1 is 1.10 bits per heavy atom. The largest absolute Gasteiger partial charge is 0.489 e. The van der Waals surface area contributed by atoms with E-state index >= 15 is 0 Å². The summed E-state index contributed by atoms with van der Waals surface area (Å²) in [6, 6.07) is 14.4. The van der Waals surface area contributed by atoms with E-state index in [0.717, 1.165) is 11.3 Å². The number of rotatable bonds is 4. The summed E-state index contributed by atoms with van der Waals surface area (Å²) in [5, 5.41) is 1.22. The molecule has 0 fully saturated rings. The molecule has 0 radical (unpaired) electrons. The molecule has 3 nitrogen and oxygen atoms in total. The van der Waals surface area contributed by atoms with E-state index in [1.165, 1.54) is 22.0 Å². The molecule has 2 aromatic carbocycles. The number of fused-ring (bicyclic) bond motifs is 1. The van der Waals surface area contributed by atoms with Gasteiger partial charge in [-0.25, -0.2) is 0 Å². The average Bonchev–Trinajstić information content (AvgIpc) is 2.82. The first-order chi connectivity index (χ1) is 10.2. The standard InChI is InChI=1S/C18H20N2O/c1-13-5-3-7-16(9-13)21-12-15-11-20(2)18-14(10-19)6-4-8-17(15)18/h3-9,11H,10,12,19H2,1-2H3. The second-order valence-corrected chi connectivity index (χ2v) is 5.39. The normalized spacial score (nSPS) is 11.0. The third kappa shape index (κ3) is 2.65. The highest BCUT2D eigenvalue weighted by atomic mass is 16.5. The van der Waals surface area contributed by atoms with Crippen molar-refractivity contribution < 1.29 is 4.74 Å². The molecule has 2 N–H and O–H groups in total. The molecule has 0 atom stereocenters. The van der Waals surface area contributed by atoms with Crippen molar-refractivity contribution in [2.45, 2.75) is 20.1 Å². The van der Waals surface area contributed by atoms with E-state index in [4.69, 9.17) is 10.5 Å². The van der Waals surface area contributed by atoms with Gasteiger partial charge in [-0.3, -0.25) is 0 Å². The number of aromatic nitrogens is 1. The van der Waals surface area contributed by atoms with E-state index in [-0.39, 0.29) is 0 Å². The molecule has 3 rings (SSSR count). The molecule has 0 saturated carbocycles. The minimum absolute atomic E-state index is 0.549. The van der Waals surface area contributed by atoms with Crippen LogP contribution in [0.2, 0.25) is 0 Å². The van der Waals surface area contributed by atoms with Gasteiger partial charge in [-0.15, -0.1) is 0 Å². The van der Waals surface area contributed by atoms with Crippen LogP contribution in [0.25, 0.3) is 10.9 Å². The van der Waals surface area contributed by atoms with Crippen molar-refractivity contribution >= 4 is 10.9 Å². The fourth-order valence-electron chi connectivity index (χ4n) is 2.78. The monoisotopic (exact) mass is 280 g/mol. The molecular weight excluding hydrogens is 260 g/mol. The smallest absolute Gasteiger partial charge is 0.120 e. The number of ether oxygens (including phenoxy) is 1. The van der Waals surface area contributed by atoms with Crippen molar-refractivity contribution in [3.8, 4) is 5.75 Å². The highest BCUT2D eigenvalue weighted by Crippen LogP contribution is 2.25. The second kappa shape index (κ2) is 5.62.